The minimum atomic E-state index is 0.0846. The standard InChI is InChI=1S/C16H14O3/c1-18-15-4-2-3-14-13(15)6-5-12(16(14)17)9-11-7-8-19-10-11/h2-4,7-10H,5-6H2,1H3. The first-order chi connectivity index (χ1) is 9.29. The second-order valence-corrected chi connectivity index (χ2v) is 4.54. The molecule has 3 heteroatoms. The first kappa shape index (κ1) is 11.8. The van der Waals surface area contributed by atoms with Crippen molar-refractivity contribution < 1.29 is 13.9 Å². The molecule has 1 aromatic carbocycles. The zero-order valence-corrected chi connectivity index (χ0v) is 10.7. The fourth-order valence-corrected chi connectivity index (χ4v) is 2.47. The minimum absolute atomic E-state index is 0.0846. The number of carbonyl (C=O) groups is 1. The van der Waals surface area contributed by atoms with E-state index in [2.05, 4.69) is 0 Å². The van der Waals surface area contributed by atoms with Gasteiger partial charge in [-0.15, -0.1) is 0 Å². The molecule has 0 spiro atoms. The fraction of sp³-hybridized carbons (Fsp3) is 0.188. The molecule has 0 amide bonds. The van der Waals surface area contributed by atoms with Crippen LogP contribution in [0.25, 0.3) is 6.08 Å². The highest BCUT2D eigenvalue weighted by Gasteiger charge is 2.24. The maximum Gasteiger partial charge on any atom is 0.189 e. The van der Waals surface area contributed by atoms with Crippen molar-refractivity contribution in [1.29, 1.82) is 0 Å². The van der Waals surface area contributed by atoms with E-state index in [0.29, 0.717) is 0 Å². The molecule has 2 aromatic rings. The summed E-state index contributed by atoms with van der Waals surface area (Å²) >= 11 is 0. The molecule has 0 bridgehead atoms. The van der Waals surface area contributed by atoms with Crippen molar-refractivity contribution in [3.63, 3.8) is 0 Å². The van der Waals surface area contributed by atoms with Gasteiger partial charge in [-0.05, 0) is 31.1 Å². The summed E-state index contributed by atoms with van der Waals surface area (Å²) in [4.78, 5) is 12.5. The molecule has 0 fully saturated rings. The highest BCUT2D eigenvalue weighted by molar-refractivity contribution is 6.13. The van der Waals surface area contributed by atoms with Gasteiger partial charge in [0.25, 0.3) is 0 Å². The van der Waals surface area contributed by atoms with Crippen molar-refractivity contribution in [2.24, 2.45) is 0 Å². The van der Waals surface area contributed by atoms with Gasteiger partial charge in [-0.3, -0.25) is 4.79 Å². The summed E-state index contributed by atoms with van der Waals surface area (Å²) in [7, 11) is 1.64. The molecule has 0 N–H and O–H groups in total. The van der Waals surface area contributed by atoms with Gasteiger partial charge >= 0.3 is 0 Å². The van der Waals surface area contributed by atoms with Gasteiger partial charge in [0.1, 0.15) is 5.75 Å². The van der Waals surface area contributed by atoms with E-state index in [1.165, 1.54) is 0 Å². The third kappa shape index (κ3) is 2.08. The summed E-state index contributed by atoms with van der Waals surface area (Å²) in [6.45, 7) is 0. The lowest BCUT2D eigenvalue weighted by Crippen LogP contribution is -2.14. The molecule has 0 atom stereocenters. The Bertz CT molecular complexity index is 636. The summed E-state index contributed by atoms with van der Waals surface area (Å²) in [5, 5.41) is 0. The van der Waals surface area contributed by atoms with E-state index in [9.17, 15) is 4.79 Å². The van der Waals surface area contributed by atoms with Crippen molar-refractivity contribution in [2.45, 2.75) is 12.8 Å². The van der Waals surface area contributed by atoms with Gasteiger partial charge < -0.3 is 9.15 Å². The van der Waals surface area contributed by atoms with Crippen LogP contribution in [0.2, 0.25) is 0 Å². The quantitative estimate of drug-likeness (QED) is 0.770. The molecule has 96 valence electrons. The van der Waals surface area contributed by atoms with Gasteiger partial charge in [-0.2, -0.15) is 0 Å². The Hall–Kier alpha value is -2.29. The van der Waals surface area contributed by atoms with Gasteiger partial charge in [-0.25, -0.2) is 0 Å². The molecule has 0 aliphatic heterocycles. The molecule has 3 nitrogen and oxygen atoms in total. The Labute approximate surface area is 111 Å². The number of hydrogen-bond donors (Lipinski definition) is 0. The number of benzene rings is 1. The van der Waals surface area contributed by atoms with Crippen LogP contribution in [-0.4, -0.2) is 12.9 Å². The van der Waals surface area contributed by atoms with Crippen LogP contribution in [0.15, 0.2) is 46.8 Å². The number of carbonyl (C=O) groups excluding carboxylic acids is 1. The lowest BCUT2D eigenvalue weighted by Gasteiger charge is -2.19. The molecule has 0 saturated heterocycles. The monoisotopic (exact) mass is 254 g/mol. The third-order valence-corrected chi connectivity index (χ3v) is 3.42. The number of furan rings is 1. The Kier molecular flexibility index (Phi) is 2.95. The average Bonchev–Trinajstić information content (AvgIpc) is 2.94. The predicted octanol–water partition coefficient (Wildman–Crippen LogP) is 3.50. The van der Waals surface area contributed by atoms with Gasteiger partial charge in [0.15, 0.2) is 5.78 Å². The number of fused-ring (bicyclic) bond motifs is 1. The zero-order valence-electron chi connectivity index (χ0n) is 10.7. The van der Waals surface area contributed by atoms with Crippen molar-refractivity contribution >= 4 is 11.9 Å². The van der Waals surface area contributed by atoms with E-state index < -0.39 is 0 Å². The van der Waals surface area contributed by atoms with Crippen LogP contribution in [0.4, 0.5) is 0 Å². The van der Waals surface area contributed by atoms with E-state index in [1.807, 2.05) is 30.3 Å². The summed E-state index contributed by atoms with van der Waals surface area (Å²) in [5.74, 6) is 0.884. The Morgan fingerprint density at radius 3 is 2.89 bits per heavy atom. The predicted molar refractivity (Wildman–Crippen MR) is 72.3 cm³/mol. The summed E-state index contributed by atoms with van der Waals surface area (Å²) in [6, 6.07) is 7.47. The van der Waals surface area contributed by atoms with Crippen molar-refractivity contribution in [2.75, 3.05) is 7.11 Å². The van der Waals surface area contributed by atoms with Crippen LogP contribution >= 0.6 is 0 Å². The normalized spacial score (nSPS) is 16.5. The largest absolute Gasteiger partial charge is 0.496 e. The van der Waals surface area contributed by atoms with Crippen LogP contribution < -0.4 is 4.74 Å². The zero-order chi connectivity index (χ0) is 13.2. The first-order valence-corrected chi connectivity index (χ1v) is 6.23. The van der Waals surface area contributed by atoms with E-state index in [1.54, 1.807) is 19.6 Å². The van der Waals surface area contributed by atoms with Crippen molar-refractivity contribution in [3.05, 3.63) is 59.1 Å². The first-order valence-electron chi connectivity index (χ1n) is 6.23. The lowest BCUT2D eigenvalue weighted by atomic mass is 9.85. The summed E-state index contributed by atoms with van der Waals surface area (Å²) in [6.07, 6.45) is 6.71. The van der Waals surface area contributed by atoms with Gasteiger partial charge in [0.2, 0.25) is 0 Å². The maximum absolute atomic E-state index is 12.5. The van der Waals surface area contributed by atoms with Gasteiger partial charge in [-0.1, -0.05) is 12.1 Å². The second-order valence-electron chi connectivity index (χ2n) is 4.54. The number of ether oxygens (including phenoxy) is 1. The highest BCUT2D eigenvalue weighted by Crippen LogP contribution is 2.32. The smallest absolute Gasteiger partial charge is 0.189 e. The molecule has 1 aromatic heterocycles. The average molecular weight is 254 g/mol. The minimum Gasteiger partial charge on any atom is -0.496 e. The number of ketones is 1. The molecule has 0 saturated carbocycles. The highest BCUT2D eigenvalue weighted by atomic mass is 16.5. The molecular weight excluding hydrogens is 240 g/mol. The van der Waals surface area contributed by atoms with Gasteiger partial charge in [0.05, 0.1) is 19.6 Å². The molecular formula is C16H14O3. The van der Waals surface area contributed by atoms with Crippen LogP contribution in [0.1, 0.15) is 27.9 Å². The van der Waals surface area contributed by atoms with Crippen molar-refractivity contribution in [3.8, 4) is 5.75 Å². The number of rotatable bonds is 2. The molecule has 19 heavy (non-hydrogen) atoms. The molecule has 1 aliphatic rings. The van der Waals surface area contributed by atoms with Crippen LogP contribution in [0.3, 0.4) is 0 Å². The molecule has 1 heterocycles. The Morgan fingerprint density at radius 1 is 1.26 bits per heavy atom. The van der Waals surface area contributed by atoms with Crippen molar-refractivity contribution in [1.82, 2.24) is 0 Å². The third-order valence-electron chi connectivity index (χ3n) is 3.42. The van der Waals surface area contributed by atoms with E-state index >= 15 is 0 Å². The number of allylic oxidation sites excluding steroid dienone is 1. The molecule has 3 rings (SSSR count). The second kappa shape index (κ2) is 4.76. The molecule has 0 radical (unpaired) electrons. The lowest BCUT2D eigenvalue weighted by molar-refractivity contribution is 0.102. The number of hydrogen-bond acceptors (Lipinski definition) is 3. The SMILES string of the molecule is COc1cccc2c1CCC(=Cc1ccoc1)C2=O. The molecule has 0 unspecified atom stereocenters. The Morgan fingerprint density at radius 2 is 2.16 bits per heavy atom. The molecule has 1 aliphatic carbocycles. The van der Waals surface area contributed by atoms with E-state index in [-0.39, 0.29) is 5.78 Å². The number of Topliss-reactive ketones (excluding diaryl/α,β-unsaturated/α-hetero) is 1. The maximum atomic E-state index is 12.5. The van der Waals surface area contributed by atoms with Crippen LogP contribution in [0.5, 0.6) is 5.75 Å². The van der Waals surface area contributed by atoms with E-state index in [4.69, 9.17) is 9.15 Å². The summed E-state index contributed by atoms with van der Waals surface area (Å²) < 4.78 is 10.3. The van der Waals surface area contributed by atoms with Gasteiger partial charge in [0, 0.05) is 22.3 Å². The van der Waals surface area contributed by atoms with Crippen LogP contribution in [-0.2, 0) is 6.42 Å². The van der Waals surface area contributed by atoms with Crippen LogP contribution in [0, 0.1) is 0 Å². The number of methoxy groups -OCH3 is 1. The Balaban J connectivity index is 2.01. The fourth-order valence-electron chi connectivity index (χ4n) is 2.47. The summed E-state index contributed by atoms with van der Waals surface area (Å²) in [5.41, 5.74) is 3.51. The van der Waals surface area contributed by atoms with E-state index in [0.717, 1.165) is 40.9 Å². The topological polar surface area (TPSA) is 39.4 Å².